The van der Waals surface area contributed by atoms with E-state index in [1.54, 1.807) is 18.2 Å². The summed E-state index contributed by atoms with van der Waals surface area (Å²) in [5.41, 5.74) is 5.43. The van der Waals surface area contributed by atoms with Gasteiger partial charge in [-0.3, -0.25) is 4.79 Å². The largest absolute Gasteiger partial charge is 0.493 e. The monoisotopic (exact) mass is 423 g/mol. The van der Waals surface area contributed by atoms with E-state index < -0.39 is 0 Å². The van der Waals surface area contributed by atoms with Gasteiger partial charge in [0.2, 0.25) is 0 Å². The molecule has 0 saturated carbocycles. The van der Waals surface area contributed by atoms with Gasteiger partial charge in [-0.15, -0.1) is 0 Å². The molecule has 1 N–H and O–H groups in total. The second-order valence-electron chi connectivity index (χ2n) is 7.23. The summed E-state index contributed by atoms with van der Waals surface area (Å²) in [4.78, 5) is 12.9. The van der Waals surface area contributed by atoms with Crippen molar-refractivity contribution in [1.29, 1.82) is 0 Å². The number of benzene rings is 3. The molecule has 30 heavy (non-hydrogen) atoms. The van der Waals surface area contributed by atoms with E-state index >= 15 is 0 Å². The molecule has 0 spiro atoms. The van der Waals surface area contributed by atoms with Crippen molar-refractivity contribution in [1.82, 2.24) is 0 Å². The predicted molar refractivity (Wildman–Crippen MR) is 122 cm³/mol. The van der Waals surface area contributed by atoms with Gasteiger partial charge in [-0.1, -0.05) is 35.4 Å². The molecule has 0 radical (unpaired) electrons. The summed E-state index contributed by atoms with van der Waals surface area (Å²) in [5, 5.41) is 3.65. The minimum absolute atomic E-state index is 0.169. The molecule has 0 saturated heterocycles. The van der Waals surface area contributed by atoms with Crippen LogP contribution in [0.1, 0.15) is 39.5 Å². The van der Waals surface area contributed by atoms with Gasteiger partial charge in [0.15, 0.2) is 0 Å². The lowest BCUT2D eigenvalue weighted by molar-refractivity contribution is 0.102. The topological polar surface area (TPSA) is 47.6 Å². The Morgan fingerprint density at radius 3 is 2.37 bits per heavy atom. The molecule has 3 aromatic rings. The number of hydrogen-bond donors (Lipinski definition) is 1. The smallest absolute Gasteiger partial charge is 0.255 e. The Balaban J connectivity index is 1.83. The number of halogens is 1. The molecule has 5 heteroatoms. The molecule has 0 aromatic heterocycles. The second-order valence-corrected chi connectivity index (χ2v) is 7.67. The Kier molecular flexibility index (Phi) is 7.01. The third-order valence-corrected chi connectivity index (χ3v) is 4.96. The maximum Gasteiger partial charge on any atom is 0.255 e. The van der Waals surface area contributed by atoms with E-state index in [9.17, 15) is 4.79 Å². The molecule has 0 atom stereocenters. The summed E-state index contributed by atoms with van der Waals surface area (Å²) in [6, 6.07) is 16.7. The fraction of sp³-hybridized carbons (Fsp3) is 0.240. The standard InChI is InChI=1S/C25H26ClNO3/c1-5-29-23-10-9-19(13-20(23)15-30-22-8-6-7-21(26)14-22)25(28)27-24-17(3)11-16(2)12-18(24)4/h6-14H,5,15H2,1-4H3,(H,27,28). The van der Waals surface area contributed by atoms with Crippen LogP contribution in [-0.4, -0.2) is 12.5 Å². The summed E-state index contributed by atoms with van der Waals surface area (Å²) in [6.07, 6.45) is 0. The van der Waals surface area contributed by atoms with Crippen LogP contribution in [0.15, 0.2) is 54.6 Å². The van der Waals surface area contributed by atoms with Crippen LogP contribution in [0.4, 0.5) is 5.69 Å². The number of carbonyl (C=O) groups is 1. The van der Waals surface area contributed by atoms with Crippen LogP contribution >= 0.6 is 11.6 Å². The summed E-state index contributed by atoms with van der Waals surface area (Å²) >= 11 is 6.03. The molecular formula is C25H26ClNO3. The van der Waals surface area contributed by atoms with Crippen LogP contribution in [-0.2, 0) is 6.61 Å². The van der Waals surface area contributed by atoms with Crippen LogP contribution in [0, 0.1) is 20.8 Å². The number of carbonyl (C=O) groups excluding carboxylic acids is 1. The summed E-state index contributed by atoms with van der Waals surface area (Å²) < 4.78 is 11.6. The van der Waals surface area contributed by atoms with Crippen molar-refractivity contribution >= 4 is 23.2 Å². The highest BCUT2D eigenvalue weighted by molar-refractivity contribution is 6.30. The number of hydrogen-bond acceptors (Lipinski definition) is 3. The van der Waals surface area contributed by atoms with E-state index in [1.165, 1.54) is 5.56 Å². The number of nitrogens with one attached hydrogen (secondary N) is 1. The molecule has 0 heterocycles. The van der Waals surface area contributed by atoms with Crippen molar-refractivity contribution in [3.05, 3.63) is 87.4 Å². The van der Waals surface area contributed by atoms with Gasteiger partial charge in [0.05, 0.1) is 6.61 Å². The second kappa shape index (κ2) is 9.68. The molecule has 0 unspecified atom stereocenters. The minimum Gasteiger partial charge on any atom is -0.493 e. The molecule has 0 fully saturated rings. The minimum atomic E-state index is -0.169. The number of rotatable bonds is 7. The van der Waals surface area contributed by atoms with E-state index in [1.807, 2.05) is 52.0 Å². The van der Waals surface area contributed by atoms with Gasteiger partial charge in [-0.25, -0.2) is 0 Å². The fourth-order valence-electron chi connectivity index (χ4n) is 3.41. The lowest BCUT2D eigenvalue weighted by Crippen LogP contribution is -2.15. The number of anilines is 1. The van der Waals surface area contributed by atoms with E-state index in [-0.39, 0.29) is 12.5 Å². The molecular weight excluding hydrogens is 398 g/mol. The highest BCUT2D eigenvalue weighted by Gasteiger charge is 2.14. The van der Waals surface area contributed by atoms with Gasteiger partial charge in [-0.2, -0.15) is 0 Å². The Morgan fingerprint density at radius 2 is 1.70 bits per heavy atom. The molecule has 3 rings (SSSR count). The maximum absolute atomic E-state index is 12.9. The first-order chi connectivity index (χ1) is 14.4. The number of aryl methyl sites for hydroxylation is 3. The van der Waals surface area contributed by atoms with Crippen molar-refractivity contribution in [3.8, 4) is 11.5 Å². The van der Waals surface area contributed by atoms with Gasteiger partial charge in [0.1, 0.15) is 18.1 Å². The molecule has 156 valence electrons. The Morgan fingerprint density at radius 1 is 0.967 bits per heavy atom. The lowest BCUT2D eigenvalue weighted by atomic mass is 10.0. The highest BCUT2D eigenvalue weighted by atomic mass is 35.5. The third-order valence-electron chi connectivity index (χ3n) is 4.73. The van der Waals surface area contributed by atoms with Crippen LogP contribution in [0.25, 0.3) is 0 Å². The van der Waals surface area contributed by atoms with Crippen LogP contribution in [0.5, 0.6) is 11.5 Å². The number of amides is 1. The van der Waals surface area contributed by atoms with E-state index in [0.29, 0.717) is 28.7 Å². The van der Waals surface area contributed by atoms with Crippen molar-refractivity contribution in [2.45, 2.75) is 34.3 Å². The molecule has 0 aliphatic carbocycles. The average Bonchev–Trinajstić information content (AvgIpc) is 2.70. The summed E-state index contributed by atoms with van der Waals surface area (Å²) in [7, 11) is 0. The zero-order valence-corrected chi connectivity index (χ0v) is 18.5. The normalized spacial score (nSPS) is 10.6. The average molecular weight is 424 g/mol. The zero-order valence-electron chi connectivity index (χ0n) is 17.7. The fourth-order valence-corrected chi connectivity index (χ4v) is 3.59. The van der Waals surface area contributed by atoms with Crippen molar-refractivity contribution in [3.63, 3.8) is 0 Å². The van der Waals surface area contributed by atoms with Gasteiger partial charge in [-0.05, 0) is 75.2 Å². The van der Waals surface area contributed by atoms with Crippen molar-refractivity contribution < 1.29 is 14.3 Å². The first-order valence-electron chi connectivity index (χ1n) is 9.90. The Labute approximate surface area is 182 Å². The first kappa shape index (κ1) is 21.7. The summed E-state index contributed by atoms with van der Waals surface area (Å²) in [6.45, 7) is 8.75. The lowest BCUT2D eigenvalue weighted by Gasteiger charge is -2.15. The molecule has 4 nitrogen and oxygen atoms in total. The first-order valence-corrected chi connectivity index (χ1v) is 10.3. The molecule has 1 amide bonds. The van der Waals surface area contributed by atoms with Gasteiger partial charge in [0.25, 0.3) is 5.91 Å². The van der Waals surface area contributed by atoms with E-state index in [0.717, 1.165) is 22.4 Å². The molecule has 0 aliphatic rings. The Bertz CT molecular complexity index is 1040. The van der Waals surface area contributed by atoms with E-state index in [4.69, 9.17) is 21.1 Å². The van der Waals surface area contributed by atoms with Crippen molar-refractivity contribution in [2.75, 3.05) is 11.9 Å². The van der Waals surface area contributed by atoms with E-state index in [2.05, 4.69) is 17.4 Å². The molecule has 0 bridgehead atoms. The Hall–Kier alpha value is -2.98. The van der Waals surface area contributed by atoms with Gasteiger partial charge < -0.3 is 14.8 Å². The number of ether oxygens (including phenoxy) is 2. The third kappa shape index (κ3) is 5.33. The van der Waals surface area contributed by atoms with Crippen LogP contribution < -0.4 is 14.8 Å². The highest BCUT2D eigenvalue weighted by Crippen LogP contribution is 2.26. The van der Waals surface area contributed by atoms with Gasteiger partial charge >= 0.3 is 0 Å². The van der Waals surface area contributed by atoms with Gasteiger partial charge in [0, 0.05) is 21.8 Å². The van der Waals surface area contributed by atoms with Crippen LogP contribution in [0.3, 0.4) is 0 Å². The van der Waals surface area contributed by atoms with Crippen molar-refractivity contribution in [2.24, 2.45) is 0 Å². The predicted octanol–water partition coefficient (Wildman–Crippen LogP) is 6.50. The quantitative estimate of drug-likeness (QED) is 0.472. The summed E-state index contributed by atoms with van der Waals surface area (Å²) in [5.74, 6) is 1.18. The molecule has 3 aromatic carbocycles. The SMILES string of the molecule is CCOc1ccc(C(=O)Nc2c(C)cc(C)cc2C)cc1COc1cccc(Cl)c1. The van der Waals surface area contributed by atoms with Crippen LogP contribution in [0.2, 0.25) is 5.02 Å². The zero-order chi connectivity index (χ0) is 21.7. The maximum atomic E-state index is 12.9. The molecule has 0 aliphatic heterocycles.